The zero-order valence-electron chi connectivity index (χ0n) is 11.9. The van der Waals surface area contributed by atoms with Crippen molar-refractivity contribution in [1.82, 2.24) is 15.5 Å². The molecule has 2 atom stereocenters. The monoisotopic (exact) mass is 265 g/mol. The quantitative estimate of drug-likeness (QED) is 0.786. The molecule has 0 bridgehead atoms. The van der Waals surface area contributed by atoms with E-state index < -0.39 is 0 Å². The number of rotatable bonds is 5. The number of nitrogens with one attached hydrogen (secondary N) is 2. The summed E-state index contributed by atoms with van der Waals surface area (Å²) in [6, 6.07) is 1.85. The number of carbonyl (C=O) groups excluding carboxylic acids is 1. The van der Waals surface area contributed by atoms with E-state index in [2.05, 4.69) is 15.5 Å². The van der Waals surface area contributed by atoms with Crippen LogP contribution in [0.15, 0.2) is 0 Å². The Bertz CT molecular complexity index is 311. The Morgan fingerprint density at radius 3 is 2.79 bits per heavy atom. The van der Waals surface area contributed by atoms with Gasteiger partial charge in [-0.2, -0.15) is 0 Å². The molecular weight excluding hydrogens is 238 g/mol. The average molecular weight is 265 g/mol. The Morgan fingerprint density at radius 1 is 1.16 bits per heavy atom. The third kappa shape index (κ3) is 3.69. The van der Waals surface area contributed by atoms with Crippen LogP contribution in [0.4, 0.5) is 0 Å². The summed E-state index contributed by atoms with van der Waals surface area (Å²) in [5.41, 5.74) is 0. The minimum absolute atomic E-state index is 0.256. The summed E-state index contributed by atoms with van der Waals surface area (Å²) >= 11 is 0. The number of hydrogen-bond acceptors (Lipinski definition) is 3. The second kappa shape index (κ2) is 6.23. The zero-order chi connectivity index (χ0) is 13.1. The van der Waals surface area contributed by atoms with Crippen LogP contribution in [0.5, 0.6) is 0 Å². The summed E-state index contributed by atoms with van der Waals surface area (Å²) in [5.74, 6) is 0.256. The summed E-state index contributed by atoms with van der Waals surface area (Å²) in [6.45, 7) is 3.30. The van der Waals surface area contributed by atoms with Crippen molar-refractivity contribution in [3.8, 4) is 0 Å². The van der Waals surface area contributed by atoms with E-state index in [1.165, 1.54) is 58.0 Å². The average Bonchev–Trinajstić information content (AvgIpc) is 3.07. The lowest BCUT2D eigenvalue weighted by molar-refractivity contribution is -0.121. The van der Waals surface area contributed by atoms with E-state index in [9.17, 15) is 4.79 Å². The van der Waals surface area contributed by atoms with Gasteiger partial charge in [0.05, 0.1) is 0 Å². The number of piperidine rings is 1. The van der Waals surface area contributed by atoms with E-state index in [1.807, 2.05) is 0 Å². The van der Waals surface area contributed by atoms with Crippen LogP contribution in [-0.2, 0) is 4.79 Å². The van der Waals surface area contributed by atoms with Crippen molar-refractivity contribution in [3.63, 3.8) is 0 Å². The van der Waals surface area contributed by atoms with Crippen molar-refractivity contribution in [2.75, 3.05) is 19.6 Å². The van der Waals surface area contributed by atoms with Crippen molar-refractivity contribution in [2.24, 2.45) is 0 Å². The number of amides is 1. The standard InChI is InChI=1S/C15H27N3O/c19-15(17-12-6-7-12)8-11-18-10-2-1-5-14(18)13-4-3-9-16-13/h12-14,16H,1-11H2,(H,17,19). The van der Waals surface area contributed by atoms with Crippen LogP contribution in [0, 0.1) is 0 Å². The fraction of sp³-hybridized carbons (Fsp3) is 0.933. The molecule has 108 valence electrons. The number of carbonyl (C=O) groups is 1. The van der Waals surface area contributed by atoms with Crippen LogP contribution in [0.3, 0.4) is 0 Å². The second-order valence-electron chi connectivity index (χ2n) is 6.39. The molecule has 1 amide bonds. The van der Waals surface area contributed by atoms with Crippen molar-refractivity contribution in [1.29, 1.82) is 0 Å². The van der Waals surface area contributed by atoms with E-state index in [0.29, 0.717) is 24.5 Å². The maximum atomic E-state index is 11.8. The van der Waals surface area contributed by atoms with Gasteiger partial charge in [0.15, 0.2) is 0 Å². The van der Waals surface area contributed by atoms with Gasteiger partial charge in [0, 0.05) is 31.1 Å². The van der Waals surface area contributed by atoms with Gasteiger partial charge in [-0.3, -0.25) is 9.69 Å². The van der Waals surface area contributed by atoms with Crippen LogP contribution in [0.2, 0.25) is 0 Å². The lowest BCUT2D eigenvalue weighted by atomic mass is 9.94. The Hall–Kier alpha value is -0.610. The third-order valence-electron chi connectivity index (χ3n) is 4.80. The highest BCUT2D eigenvalue weighted by atomic mass is 16.1. The van der Waals surface area contributed by atoms with Gasteiger partial charge in [-0.1, -0.05) is 6.42 Å². The Labute approximate surface area is 116 Å². The minimum atomic E-state index is 0.256. The van der Waals surface area contributed by atoms with Crippen molar-refractivity contribution < 1.29 is 4.79 Å². The topological polar surface area (TPSA) is 44.4 Å². The van der Waals surface area contributed by atoms with Gasteiger partial charge in [-0.25, -0.2) is 0 Å². The number of likely N-dealkylation sites (tertiary alicyclic amines) is 1. The Balaban J connectivity index is 1.47. The fourth-order valence-corrected chi connectivity index (χ4v) is 3.56. The molecule has 3 aliphatic rings. The molecule has 4 nitrogen and oxygen atoms in total. The molecule has 2 aliphatic heterocycles. The molecule has 0 aromatic carbocycles. The molecule has 2 N–H and O–H groups in total. The summed E-state index contributed by atoms with van der Waals surface area (Å²) in [7, 11) is 0. The molecule has 2 heterocycles. The molecule has 2 saturated heterocycles. The molecule has 3 fully saturated rings. The molecule has 3 rings (SSSR count). The summed E-state index contributed by atoms with van der Waals surface area (Å²) in [6.07, 6.45) is 9.64. The van der Waals surface area contributed by atoms with Crippen molar-refractivity contribution in [2.45, 2.75) is 69.5 Å². The van der Waals surface area contributed by atoms with Gasteiger partial charge in [-0.05, 0) is 51.6 Å². The summed E-state index contributed by atoms with van der Waals surface area (Å²) < 4.78 is 0. The molecule has 1 aliphatic carbocycles. The van der Waals surface area contributed by atoms with Crippen LogP contribution in [-0.4, -0.2) is 48.6 Å². The van der Waals surface area contributed by atoms with E-state index in [1.54, 1.807) is 0 Å². The predicted molar refractivity (Wildman–Crippen MR) is 76.0 cm³/mol. The molecular formula is C15H27N3O. The maximum Gasteiger partial charge on any atom is 0.221 e. The van der Waals surface area contributed by atoms with E-state index in [4.69, 9.17) is 0 Å². The molecule has 0 spiro atoms. The van der Waals surface area contributed by atoms with Crippen LogP contribution in [0.1, 0.15) is 51.4 Å². The van der Waals surface area contributed by atoms with Crippen molar-refractivity contribution in [3.05, 3.63) is 0 Å². The maximum absolute atomic E-state index is 11.8. The molecule has 0 aromatic heterocycles. The van der Waals surface area contributed by atoms with E-state index in [0.717, 1.165) is 6.54 Å². The van der Waals surface area contributed by atoms with Gasteiger partial charge in [0.25, 0.3) is 0 Å². The normalized spacial score (nSPS) is 32.4. The predicted octanol–water partition coefficient (Wildman–Crippen LogP) is 1.26. The molecule has 19 heavy (non-hydrogen) atoms. The summed E-state index contributed by atoms with van der Waals surface area (Å²) in [4.78, 5) is 14.4. The van der Waals surface area contributed by atoms with E-state index >= 15 is 0 Å². The van der Waals surface area contributed by atoms with Crippen molar-refractivity contribution >= 4 is 5.91 Å². The van der Waals surface area contributed by atoms with E-state index in [-0.39, 0.29) is 5.91 Å². The first-order valence-corrected chi connectivity index (χ1v) is 8.10. The van der Waals surface area contributed by atoms with Gasteiger partial charge in [0.2, 0.25) is 5.91 Å². The summed E-state index contributed by atoms with van der Waals surface area (Å²) in [5, 5.41) is 6.74. The Kier molecular flexibility index (Phi) is 4.38. The molecule has 0 radical (unpaired) electrons. The molecule has 0 aromatic rings. The first-order chi connectivity index (χ1) is 9.33. The van der Waals surface area contributed by atoms with Gasteiger partial charge >= 0.3 is 0 Å². The molecule has 4 heteroatoms. The largest absolute Gasteiger partial charge is 0.353 e. The lowest BCUT2D eigenvalue weighted by Crippen LogP contribution is -2.51. The first-order valence-electron chi connectivity index (χ1n) is 8.10. The second-order valence-corrected chi connectivity index (χ2v) is 6.39. The molecule has 2 unspecified atom stereocenters. The highest BCUT2D eigenvalue weighted by Gasteiger charge is 2.31. The zero-order valence-corrected chi connectivity index (χ0v) is 11.9. The van der Waals surface area contributed by atoms with Crippen LogP contribution < -0.4 is 10.6 Å². The third-order valence-corrected chi connectivity index (χ3v) is 4.80. The van der Waals surface area contributed by atoms with Crippen LogP contribution >= 0.6 is 0 Å². The minimum Gasteiger partial charge on any atom is -0.353 e. The molecule has 1 saturated carbocycles. The lowest BCUT2D eigenvalue weighted by Gasteiger charge is -2.39. The fourth-order valence-electron chi connectivity index (χ4n) is 3.56. The Morgan fingerprint density at radius 2 is 2.05 bits per heavy atom. The highest BCUT2D eigenvalue weighted by Crippen LogP contribution is 2.24. The first kappa shape index (κ1) is 13.4. The highest BCUT2D eigenvalue weighted by molar-refractivity contribution is 5.76. The van der Waals surface area contributed by atoms with Gasteiger partial charge in [0.1, 0.15) is 0 Å². The smallest absolute Gasteiger partial charge is 0.221 e. The number of nitrogens with zero attached hydrogens (tertiary/aromatic N) is 1. The van der Waals surface area contributed by atoms with Gasteiger partial charge < -0.3 is 10.6 Å². The number of hydrogen-bond donors (Lipinski definition) is 2. The van der Waals surface area contributed by atoms with Crippen LogP contribution in [0.25, 0.3) is 0 Å². The SMILES string of the molecule is O=C(CCN1CCCCC1C1CCCN1)NC1CC1. The van der Waals surface area contributed by atoms with Gasteiger partial charge in [-0.15, -0.1) is 0 Å².